The van der Waals surface area contributed by atoms with Gasteiger partial charge in [-0.3, -0.25) is 4.79 Å². The van der Waals surface area contributed by atoms with Gasteiger partial charge < -0.3 is 15.5 Å². The molecule has 1 unspecified atom stereocenters. The molecule has 6 nitrogen and oxygen atoms in total. The second-order valence-corrected chi connectivity index (χ2v) is 3.56. The molecule has 1 rings (SSSR count). The minimum Gasteiger partial charge on any atom is -0.481 e. The van der Waals surface area contributed by atoms with Gasteiger partial charge in [-0.25, -0.2) is 13.6 Å². The molecule has 0 aliphatic carbocycles. The fourth-order valence-electron chi connectivity index (χ4n) is 1.32. The highest BCUT2D eigenvalue weighted by molar-refractivity contribution is 5.83. The summed E-state index contributed by atoms with van der Waals surface area (Å²) >= 11 is 0. The van der Waals surface area contributed by atoms with Gasteiger partial charge in [0.15, 0.2) is 11.6 Å². The number of hydrogen-bond acceptors (Lipinski definition) is 4. The molecule has 0 saturated heterocycles. The Bertz CT molecular complexity index is 545. The smallest absolute Gasteiger partial charge is 0.326 e. The number of rotatable bonds is 5. The van der Waals surface area contributed by atoms with Crippen LogP contribution < -0.4 is 5.32 Å². The maximum Gasteiger partial charge on any atom is 0.326 e. The van der Waals surface area contributed by atoms with Gasteiger partial charge in [0.2, 0.25) is 0 Å². The first-order chi connectivity index (χ1) is 8.85. The Morgan fingerprint density at radius 1 is 1.32 bits per heavy atom. The molecule has 0 bridgehead atoms. The van der Waals surface area contributed by atoms with Gasteiger partial charge in [0.25, 0.3) is 0 Å². The number of hydrogen-bond donors (Lipinski definition) is 3. The highest BCUT2D eigenvalue weighted by Gasteiger charge is 2.24. The first kappa shape index (κ1) is 14.4. The largest absolute Gasteiger partial charge is 0.481 e. The van der Waals surface area contributed by atoms with E-state index in [9.17, 15) is 18.4 Å². The molecule has 0 spiro atoms. The summed E-state index contributed by atoms with van der Waals surface area (Å²) < 4.78 is 26.9. The van der Waals surface area contributed by atoms with Crippen LogP contribution in [0.25, 0.3) is 0 Å². The summed E-state index contributed by atoms with van der Waals surface area (Å²) in [4.78, 5) is 21.2. The number of nitrogens with zero attached hydrogens (tertiary/aromatic N) is 1. The lowest BCUT2D eigenvalue weighted by atomic mass is 10.1. The predicted octanol–water partition coefficient (Wildman–Crippen LogP) is 1.18. The number of halogens is 2. The first-order valence-electron chi connectivity index (χ1n) is 4.95. The van der Waals surface area contributed by atoms with Crippen molar-refractivity contribution in [1.29, 1.82) is 5.26 Å². The normalized spacial score (nSPS) is 11.4. The molecule has 0 fully saturated rings. The van der Waals surface area contributed by atoms with Crippen molar-refractivity contribution < 1.29 is 28.6 Å². The summed E-state index contributed by atoms with van der Waals surface area (Å²) in [5.74, 6) is -5.35. The molecule has 0 aliphatic rings. The Kier molecular flexibility index (Phi) is 4.36. The Labute approximate surface area is 105 Å². The van der Waals surface area contributed by atoms with Gasteiger partial charge in [0.1, 0.15) is 11.7 Å². The van der Waals surface area contributed by atoms with Crippen molar-refractivity contribution in [1.82, 2.24) is 0 Å². The van der Waals surface area contributed by atoms with E-state index in [2.05, 4.69) is 0 Å². The molecule has 1 aromatic rings. The van der Waals surface area contributed by atoms with Crippen molar-refractivity contribution in [2.24, 2.45) is 0 Å². The van der Waals surface area contributed by atoms with E-state index in [4.69, 9.17) is 15.5 Å². The lowest BCUT2D eigenvalue weighted by molar-refractivity contribution is -0.144. The minimum atomic E-state index is -1.69. The Hall–Kier alpha value is -2.69. The number of anilines is 1. The topological polar surface area (TPSA) is 110 Å². The first-order valence-corrected chi connectivity index (χ1v) is 4.95. The summed E-state index contributed by atoms with van der Waals surface area (Å²) in [6, 6.07) is 1.27. The SMILES string of the molecule is N#Cc1cc(F)c(NC(CC(=O)O)C(=O)O)c(F)c1. The molecule has 0 aliphatic heterocycles. The van der Waals surface area contributed by atoms with E-state index < -0.39 is 41.7 Å². The van der Waals surface area contributed by atoms with Gasteiger partial charge in [-0.1, -0.05) is 0 Å². The minimum absolute atomic E-state index is 0.273. The van der Waals surface area contributed by atoms with Crippen LogP contribution >= 0.6 is 0 Å². The van der Waals surface area contributed by atoms with Crippen LogP contribution in [0.15, 0.2) is 12.1 Å². The lowest BCUT2D eigenvalue weighted by Crippen LogP contribution is -2.32. The van der Waals surface area contributed by atoms with Crippen LogP contribution in [-0.4, -0.2) is 28.2 Å². The van der Waals surface area contributed by atoms with Crippen molar-refractivity contribution in [3.8, 4) is 6.07 Å². The van der Waals surface area contributed by atoms with E-state index in [1.54, 1.807) is 0 Å². The molecule has 100 valence electrons. The fourth-order valence-corrected chi connectivity index (χ4v) is 1.32. The van der Waals surface area contributed by atoms with Crippen LogP contribution in [0.4, 0.5) is 14.5 Å². The van der Waals surface area contributed by atoms with Crippen LogP contribution in [0.1, 0.15) is 12.0 Å². The molecule has 1 atom stereocenters. The number of nitrogens with one attached hydrogen (secondary N) is 1. The molecule has 1 aromatic carbocycles. The van der Waals surface area contributed by atoms with Crippen molar-refractivity contribution in [3.05, 3.63) is 29.3 Å². The van der Waals surface area contributed by atoms with Gasteiger partial charge in [0, 0.05) is 0 Å². The van der Waals surface area contributed by atoms with Gasteiger partial charge in [-0.15, -0.1) is 0 Å². The molecule has 19 heavy (non-hydrogen) atoms. The fraction of sp³-hybridized carbons (Fsp3) is 0.182. The summed E-state index contributed by atoms with van der Waals surface area (Å²) in [7, 11) is 0. The van der Waals surface area contributed by atoms with Crippen LogP contribution in [0.2, 0.25) is 0 Å². The van der Waals surface area contributed by atoms with Crippen molar-refractivity contribution in [2.75, 3.05) is 5.32 Å². The Balaban J connectivity index is 3.07. The summed E-state index contributed by atoms with van der Waals surface area (Å²) in [6.07, 6.45) is -0.853. The number of carboxylic acids is 2. The molecular weight excluding hydrogens is 262 g/mol. The molecular formula is C11H8F2N2O4. The number of benzene rings is 1. The second kappa shape index (κ2) is 5.77. The van der Waals surface area contributed by atoms with Crippen molar-refractivity contribution in [2.45, 2.75) is 12.5 Å². The predicted molar refractivity (Wildman–Crippen MR) is 58.4 cm³/mol. The van der Waals surface area contributed by atoms with Crippen LogP contribution in [0.5, 0.6) is 0 Å². The Morgan fingerprint density at radius 2 is 1.84 bits per heavy atom. The van der Waals surface area contributed by atoms with E-state index in [1.165, 1.54) is 6.07 Å². The Morgan fingerprint density at radius 3 is 2.21 bits per heavy atom. The lowest BCUT2D eigenvalue weighted by Gasteiger charge is -2.15. The standard InChI is InChI=1S/C11H8F2N2O4/c12-6-1-5(4-14)2-7(13)10(6)15-8(11(18)19)3-9(16)17/h1-2,8,15H,3H2,(H,16,17)(H,18,19). The van der Waals surface area contributed by atoms with Gasteiger partial charge in [0.05, 0.1) is 18.1 Å². The quantitative estimate of drug-likeness (QED) is 0.740. The highest BCUT2D eigenvalue weighted by atomic mass is 19.1. The van der Waals surface area contributed by atoms with Crippen LogP contribution in [0, 0.1) is 23.0 Å². The van der Waals surface area contributed by atoms with E-state index in [-0.39, 0.29) is 5.56 Å². The van der Waals surface area contributed by atoms with E-state index >= 15 is 0 Å². The van der Waals surface area contributed by atoms with Gasteiger partial charge in [-0.05, 0) is 12.1 Å². The summed E-state index contributed by atoms with van der Waals surface area (Å²) in [5.41, 5.74) is -1.06. The zero-order chi connectivity index (χ0) is 14.6. The molecule has 0 radical (unpaired) electrons. The van der Waals surface area contributed by atoms with Gasteiger partial charge >= 0.3 is 11.9 Å². The van der Waals surface area contributed by atoms with E-state index in [1.807, 2.05) is 5.32 Å². The van der Waals surface area contributed by atoms with Gasteiger partial charge in [-0.2, -0.15) is 5.26 Å². The molecule has 0 aromatic heterocycles. The molecule has 8 heteroatoms. The molecule has 3 N–H and O–H groups in total. The molecule has 0 amide bonds. The van der Waals surface area contributed by atoms with Crippen molar-refractivity contribution in [3.63, 3.8) is 0 Å². The molecule has 0 heterocycles. The summed E-state index contributed by atoms with van der Waals surface area (Å²) in [5, 5.41) is 27.7. The molecule has 0 saturated carbocycles. The van der Waals surface area contributed by atoms with E-state index in [0.29, 0.717) is 12.1 Å². The number of aliphatic carboxylic acids is 2. The third kappa shape index (κ3) is 3.64. The monoisotopic (exact) mass is 270 g/mol. The zero-order valence-electron chi connectivity index (χ0n) is 9.35. The van der Waals surface area contributed by atoms with Crippen LogP contribution in [0.3, 0.4) is 0 Å². The van der Waals surface area contributed by atoms with Crippen molar-refractivity contribution >= 4 is 17.6 Å². The number of nitriles is 1. The third-order valence-corrected chi connectivity index (χ3v) is 2.17. The number of carbonyl (C=O) groups is 2. The second-order valence-electron chi connectivity index (χ2n) is 3.56. The average Bonchev–Trinajstić information content (AvgIpc) is 2.31. The summed E-state index contributed by atoms with van der Waals surface area (Å²) in [6.45, 7) is 0. The maximum atomic E-state index is 13.5. The maximum absolute atomic E-state index is 13.5. The number of carboxylic acid groups (broad SMARTS) is 2. The zero-order valence-corrected chi connectivity index (χ0v) is 9.35. The van der Waals surface area contributed by atoms with Crippen LogP contribution in [-0.2, 0) is 9.59 Å². The van der Waals surface area contributed by atoms with E-state index in [0.717, 1.165) is 0 Å². The average molecular weight is 270 g/mol. The highest BCUT2D eigenvalue weighted by Crippen LogP contribution is 2.22. The third-order valence-electron chi connectivity index (χ3n) is 2.17.